The number of nitrogens with one attached hydrogen (secondary N) is 2. The number of pyridine rings is 1. The van der Waals surface area contributed by atoms with Crippen LogP contribution in [0.1, 0.15) is 19.3 Å². The van der Waals surface area contributed by atoms with Gasteiger partial charge in [-0.3, -0.25) is 9.59 Å². The maximum absolute atomic E-state index is 12.2. The molecule has 1 heterocycles. The number of nitrogens with two attached hydrogens (primary N) is 1. The summed E-state index contributed by atoms with van der Waals surface area (Å²) in [4.78, 5) is 29.8. The Kier molecular flexibility index (Phi) is 8.69. The van der Waals surface area contributed by atoms with Crippen LogP contribution in [0.25, 0.3) is 0 Å². The van der Waals surface area contributed by atoms with Gasteiger partial charge in [0.25, 0.3) is 5.91 Å². The molecule has 1 aromatic heterocycles. The number of rotatable bonds is 3. The molecule has 0 bridgehead atoms. The molecule has 7 nitrogen and oxygen atoms in total. The van der Waals surface area contributed by atoms with Gasteiger partial charge >= 0.3 is 0 Å². The molecular formula is C16H23Cl2N5O2S. The lowest BCUT2D eigenvalue weighted by molar-refractivity contribution is -0.134. The highest BCUT2D eigenvalue weighted by Crippen LogP contribution is 2.25. The van der Waals surface area contributed by atoms with Crippen LogP contribution in [0, 0.1) is 5.92 Å². The van der Waals surface area contributed by atoms with Crippen molar-refractivity contribution in [3.8, 4) is 0 Å². The van der Waals surface area contributed by atoms with Crippen molar-refractivity contribution in [3.05, 3.63) is 23.5 Å². The maximum atomic E-state index is 12.2. The van der Waals surface area contributed by atoms with Gasteiger partial charge in [-0.2, -0.15) is 0 Å². The molecule has 0 aromatic carbocycles. The normalized spacial score (nSPS) is 21.9. The smallest absolute Gasteiger partial charge is 0.283 e. The van der Waals surface area contributed by atoms with Crippen molar-refractivity contribution in [1.29, 1.82) is 0 Å². The minimum atomic E-state index is -0.433. The zero-order chi connectivity index (χ0) is 18.6. The summed E-state index contributed by atoms with van der Waals surface area (Å²) in [7, 11) is 3.48. The maximum Gasteiger partial charge on any atom is 0.283 e. The van der Waals surface area contributed by atoms with Crippen LogP contribution in [0.3, 0.4) is 0 Å². The molecule has 10 heteroatoms. The quantitative estimate of drug-likeness (QED) is 0.507. The number of aromatic nitrogens is 1. The Labute approximate surface area is 169 Å². The van der Waals surface area contributed by atoms with Gasteiger partial charge in [0.15, 0.2) is 4.99 Å². The molecule has 2 amide bonds. The predicted octanol–water partition coefficient (Wildman–Crippen LogP) is 1.60. The predicted molar refractivity (Wildman–Crippen MR) is 109 cm³/mol. The van der Waals surface area contributed by atoms with Gasteiger partial charge in [0.05, 0.1) is 11.9 Å². The largest absolute Gasteiger partial charge is 0.367 e. The summed E-state index contributed by atoms with van der Waals surface area (Å²) < 4.78 is 0. The Hall–Kier alpha value is -1.48. The second-order valence-electron chi connectivity index (χ2n) is 6.31. The molecule has 3 atom stereocenters. The number of hydrogen-bond acceptors (Lipinski definition) is 5. The number of carbonyl (C=O) groups excluding carboxylic acids is 2. The number of anilines is 1. The number of hydrogen-bond donors (Lipinski definition) is 3. The van der Waals surface area contributed by atoms with E-state index in [0.29, 0.717) is 30.1 Å². The van der Waals surface area contributed by atoms with Crippen LogP contribution >= 0.6 is 36.2 Å². The fourth-order valence-electron chi connectivity index (χ4n) is 2.85. The first-order valence-electron chi connectivity index (χ1n) is 7.98. The van der Waals surface area contributed by atoms with Gasteiger partial charge in [-0.25, -0.2) is 4.98 Å². The Bertz CT molecular complexity index is 657. The van der Waals surface area contributed by atoms with E-state index in [0.717, 1.165) is 0 Å². The van der Waals surface area contributed by atoms with Gasteiger partial charge in [0.1, 0.15) is 5.15 Å². The van der Waals surface area contributed by atoms with Crippen molar-refractivity contribution >= 4 is 58.7 Å². The number of thiocarbonyl (C=S) groups is 1. The van der Waals surface area contributed by atoms with Crippen molar-refractivity contribution in [2.75, 3.05) is 19.4 Å². The van der Waals surface area contributed by atoms with E-state index in [9.17, 15) is 9.59 Å². The second-order valence-corrected chi connectivity index (χ2v) is 7.11. The highest BCUT2D eigenvalue weighted by molar-refractivity contribution is 7.82. The Morgan fingerprint density at radius 2 is 2.04 bits per heavy atom. The highest BCUT2D eigenvalue weighted by atomic mass is 35.5. The lowest BCUT2D eigenvalue weighted by Gasteiger charge is -2.35. The van der Waals surface area contributed by atoms with E-state index in [-0.39, 0.29) is 41.3 Å². The van der Waals surface area contributed by atoms with Crippen LogP contribution in [0.2, 0.25) is 5.15 Å². The second kappa shape index (κ2) is 10.0. The fraction of sp³-hybridized carbons (Fsp3) is 0.500. The molecule has 1 aliphatic carbocycles. The van der Waals surface area contributed by atoms with Crippen LogP contribution in [-0.4, -0.2) is 52.9 Å². The first-order chi connectivity index (χ1) is 11.8. The summed E-state index contributed by atoms with van der Waals surface area (Å²) in [5.41, 5.74) is 6.68. The Balaban J connectivity index is 0.00000338. The number of nitrogens with zero attached hydrogens (tertiary/aromatic N) is 2. The molecule has 0 saturated heterocycles. The Morgan fingerprint density at radius 1 is 1.35 bits per heavy atom. The van der Waals surface area contributed by atoms with E-state index < -0.39 is 5.91 Å². The van der Waals surface area contributed by atoms with Gasteiger partial charge in [0.2, 0.25) is 5.91 Å². The third-order valence-electron chi connectivity index (χ3n) is 4.20. The number of carbonyl (C=O) groups is 2. The van der Waals surface area contributed by atoms with Crippen LogP contribution in [0.5, 0.6) is 0 Å². The SMILES string of the molecule is CN(C)C(=O)[C@H]1CC[C@H](NC(=S)C(=O)Nc2ccc(Cl)nc2)[C@H](N)C1.Cl. The summed E-state index contributed by atoms with van der Waals surface area (Å²) >= 11 is 10.9. The molecule has 1 fully saturated rings. The third-order valence-corrected chi connectivity index (χ3v) is 4.72. The fourth-order valence-corrected chi connectivity index (χ4v) is 3.16. The Morgan fingerprint density at radius 3 is 2.58 bits per heavy atom. The van der Waals surface area contributed by atoms with E-state index in [4.69, 9.17) is 29.6 Å². The zero-order valence-electron chi connectivity index (χ0n) is 14.6. The number of amides is 2. The monoisotopic (exact) mass is 419 g/mol. The molecule has 1 aromatic rings. The molecule has 0 spiro atoms. The zero-order valence-corrected chi connectivity index (χ0v) is 17.0. The molecule has 2 rings (SSSR count). The molecule has 1 saturated carbocycles. The first kappa shape index (κ1) is 22.6. The molecule has 0 aliphatic heterocycles. The summed E-state index contributed by atoms with van der Waals surface area (Å²) in [6.07, 6.45) is 3.42. The average Bonchev–Trinajstić information content (AvgIpc) is 2.57. The summed E-state index contributed by atoms with van der Waals surface area (Å²) in [6.45, 7) is 0. The van der Waals surface area contributed by atoms with Gasteiger partial charge in [-0.05, 0) is 31.4 Å². The van der Waals surface area contributed by atoms with Gasteiger partial charge in [0, 0.05) is 32.1 Å². The van der Waals surface area contributed by atoms with Crippen LogP contribution in [-0.2, 0) is 9.59 Å². The average molecular weight is 420 g/mol. The van der Waals surface area contributed by atoms with E-state index >= 15 is 0 Å². The molecule has 26 heavy (non-hydrogen) atoms. The molecule has 144 valence electrons. The van der Waals surface area contributed by atoms with Gasteiger partial charge < -0.3 is 21.3 Å². The highest BCUT2D eigenvalue weighted by Gasteiger charge is 2.33. The van der Waals surface area contributed by atoms with Crippen molar-refractivity contribution in [2.45, 2.75) is 31.3 Å². The summed E-state index contributed by atoms with van der Waals surface area (Å²) in [5, 5.41) is 6.00. The van der Waals surface area contributed by atoms with Crippen molar-refractivity contribution < 1.29 is 9.59 Å². The summed E-state index contributed by atoms with van der Waals surface area (Å²) in [6, 6.07) is 2.84. The van der Waals surface area contributed by atoms with Crippen LogP contribution < -0.4 is 16.4 Å². The molecule has 1 aliphatic rings. The van der Waals surface area contributed by atoms with E-state index in [1.165, 1.54) is 6.20 Å². The number of halogens is 2. The lowest BCUT2D eigenvalue weighted by atomic mass is 9.82. The molecule has 0 unspecified atom stereocenters. The van der Waals surface area contributed by atoms with E-state index in [1.54, 1.807) is 31.1 Å². The third kappa shape index (κ3) is 6.05. The van der Waals surface area contributed by atoms with Crippen molar-refractivity contribution in [3.63, 3.8) is 0 Å². The minimum Gasteiger partial charge on any atom is -0.367 e. The topological polar surface area (TPSA) is 100 Å². The van der Waals surface area contributed by atoms with Crippen LogP contribution in [0.4, 0.5) is 5.69 Å². The first-order valence-corrected chi connectivity index (χ1v) is 8.76. The molecule has 0 radical (unpaired) electrons. The minimum absolute atomic E-state index is 0. The summed E-state index contributed by atoms with van der Waals surface area (Å²) in [5.74, 6) is -0.423. The van der Waals surface area contributed by atoms with Crippen LogP contribution in [0.15, 0.2) is 18.3 Å². The van der Waals surface area contributed by atoms with Gasteiger partial charge in [-0.1, -0.05) is 23.8 Å². The van der Waals surface area contributed by atoms with Gasteiger partial charge in [-0.15, -0.1) is 12.4 Å². The van der Waals surface area contributed by atoms with E-state index in [2.05, 4.69) is 15.6 Å². The molecule has 4 N–H and O–H groups in total. The van der Waals surface area contributed by atoms with Crippen molar-refractivity contribution in [1.82, 2.24) is 15.2 Å². The standard InChI is InChI=1S/C16H22ClN5O2S.ClH/c1-22(2)16(24)9-3-5-12(11(18)7-9)21-15(25)14(23)20-10-4-6-13(17)19-8-10;/h4,6,8-9,11-12H,3,5,7,18H2,1-2H3,(H,20,23)(H,21,25);1H/t9-,11+,12-;/m0./s1. The van der Waals surface area contributed by atoms with E-state index in [1.807, 2.05) is 0 Å². The lowest BCUT2D eigenvalue weighted by Crippen LogP contribution is -2.54. The van der Waals surface area contributed by atoms with Crippen molar-refractivity contribution in [2.24, 2.45) is 11.7 Å². The molecular weight excluding hydrogens is 397 g/mol.